The van der Waals surface area contributed by atoms with Gasteiger partial charge in [0.2, 0.25) is 0 Å². The van der Waals surface area contributed by atoms with E-state index in [1.165, 1.54) is 111 Å². The molecular formula is C81H74O4. The molecule has 0 bridgehead atoms. The summed E-state index contributed by atoms with van der Waals surface area (Å²) < 4.78 is 22.3. The Morgan fingerprint density at radius 2 is 1.06 bits per heavy atom. The topological polar surface area (TPSA) is 36.9 Å². The number of benzene rings is 8. The van der Waals surface area contributed by atoms with Crippen LogP contribution in [0.5, 0.6) is 11.5 Å². The third-order valence-corrected chi connectivity index (χ3v) is 18.7. The van der Waals surface area contributed by atoms with Crippen LogP contribution in [0.3, 0.4) is 0 Å². The lowest BCUT2D eigenvalue weighted by Crippen LogP contribution is -2.26. The number of hydrogen-bond donors (Lipinski definition) is 0. The highest BCUT2D eigenvalue weighted by atomic mass is 16.5. The zero-order valence-electron chi connectivity index (χ0n) is 50.0. The van der Waals surface area contributed by atoms with Crippen molar-refractivity contribution in [2.75, 3.05) is 28.4 Å². The maximum absolute atomic E-state index is 5.69. The van der Waals surface area contributed by atoms with E-state index in [1.54, 1.807) is 28.4 Å². The molecule has 13 rings (SSSR count). The van der Waals surface area contributed by atoms with Gasteiger partial charge in [0.1, 0.15) is 17.3 Å². The minimum Gasteiger partial charge on any atom is -0.501 e. The zero-order chi connectivity index (χ0) is 58.2. The lowest BCUT2D eigenvalue weighted by Gasteiger charge is -2.32. The summed E-state index contributed by atoms with van der Waals surface area (Å²) >= 11 is 0. The monoisotopic (exact) mass is 1110 g/mol. The third kappa shape index (κ3) is 10.3. The number of methoxy groups -OCH3 is 4. The Hall–Kier alpha value is -9.12. The predicted octanol–water partition coefficient (Wildman–Crippen LogP) is 20.3. The number of fused-ring (bicyclic) bond motifs is 10. The molecule has 5 aliphatic rings. The van der Waals surface area contributed by atoms with Gasteiger partial charge in [0.25, 0.3) is 0 Å². The van der Waals surface area contributed by atoms with Gasteiger partial charge in [-0.3, -0.25) is 0 Å². The van der Waals surface area contributed by atoms with Crippen LogP contribution in [-0.2, 0) is 21.3 Å². The van der Waals surface area contributed by atoms with Crippen molar-refractivity contribution in [1.29, 1.82) is 0 Å². The quantitative estimate of drug-likeness (QED) is 0.0904. The first-order valence-electron chi connectivity index (χ1n) is 30.4. The minimum absolute atomic E-state index is 0.262. The van der Waals surface area contributed by atoms with Crippen molar-refractivity contribution in [3.8, 4) is 67.1 Å². The molecule has 8 aromatic rings. The van der Waals surface area contributed by atoms with E-state index >= 15 is 0 Å². The summed E-state index contributed by atoms with van der Waals surface area (Å²) in [5, 5.41) is 0. The molecule has 1 spiro atoms. The Morgan fingerprint density at radius 3 is 1.60 bits per heavy atom. The van der Waals surface area contributed by atoms with Crippen LogP contribution in [0.15, 0.2) is 254 Å². The summed E-state index contributed by atoms with van der Waals surface area (Å²) in [5.74, 6) is 4.90. The smallest absolute Gasteiger partial charge is 0.118 e. The van der Waals surface area contributed by atoms with Crippen molar-refractivity contribution < 1.29 is 18.9 Å². The fourth-order valence-corrected chi connectivity index (χ4v) is 14.0. The van der Waals surface area contributed by atoms with E-state index in [4.69, 9.17) is 18.9 Å². The van der Waals surface area contributed by atoms with E-state index in [9.17, 15) is 0 Å². The standard InChI is InChI=1S/C81H74O4/c1-8-9-12-55(57-23-34-68(82-4)35-24-57)13-10-11-54-14-40-72-73-42-30-66(61-21-19-59(20-22-61)63-33-45-80(85-7)53(3)47-63)49-77(73)81(76(72)48-54)78-50-65(60-17-15-56(16-18-60)58-25-36-69(83-5)37-26-58)31-43-74(78)75-44-32-67(51-79(75)81)64-29-41-71(52(2)46-64)62-27-38-70(84-6)39-28-62/h10,12-23,25-46,48-53,57,71H,8-9,11,24,47H2,1-7H3/b13-10-,55-12+. The molecule has 4 heteroatoms. The van der Waals surface area contributed by atoms with Crippen molar-refractivity contribution in [2.24, 2.45) is 17.8 Å². The lowest BCUT2D eigenvalue weighted by atomic mass is 9.69. The van der Waals surface area contributed by atoms with Crippen molar-refractivity contribution in [2.45, 2.75) is 64.2 Å². The van der Waals surface area contributed by atoms with Crippen molar-refractivity contribution >= 4 is 11.1 Å². The minimum atomic E-state index is -0.644. The fourth-order valence-electron chi connectivity index (χ4n) is 14.0. The molecule has 5 aliphatic carbocycles. The molecule has 0 radical (unpaired) electrons. The second-order valence-electron chi connectivity index (χ2n) is 23.6. The number of unbranched alkanes of at least 4 members (excludes halogenated alkanes) is 1. The van der Waals surface area contributed by atoms with Gasteiger partial charge in [-0.1, -0.05) is 203 Å². The van der Waals surface area contributed by atoms with E-state index in [0.717, 1.165) is 60.7 Å². The Labute approximate surface area is 503 Å². The highest BCUT2D eigenvalue weighted by molar-refractivity contribution is 5.98. The molecule has 0 saturated carbocycles. The summed E-state index contributed by atoms with van der Waals surface area (Å²) in [6.07, 6.45) is 30.3. The fraction of sp³-hybridized carbons (Fsp3) is 0.210. The van der Waals surface area contributed by atoms with E-state index in [0.29, 0.717) is 11.8 Å². The average Bonchev–Trinajstić information content (AvgIpc) is 1.66. The Kier molecular flexibility index (Phi) is 15.2. The first kappa shape index (κ1) is 55.1. The molecule has 0 aliphatic heterocycles. The Bertz CT molecular complexity index is 4100. The zero-order valence-corrected chi connectivity index (χ0v) is 50.0. The normalized spacial score (nSPS) is 20.0. The molecule has 4 nitrogen and oxygen atoms in total. The van der Waals surface area contributed by atoms with Crippen molar-refractivity contribution in [3.05, 3.63) is 298 Å². The van der Waals surface area contributed by atoms with Gasteiger partial charge in [-0.2, -0.15) is 0 Å². The molecule has 0 amide bonds. The maximum atomic E-state index is 5.69. The van der Waals surface area contributed by atoms with Gasteiger partial charge in [-0.25, -0.2) is 0 Å². The van der Waals surface area contributed by atoms with Gasteiger partial charge in [0.05, 0.1) is 39.6 Å². The molecule has 0 heterocycles. The van der Waals surface area contributed by atoms with Crippen LogP contribution in [0.4, 0.5) is 0 Å². The molecular weight excluding hydrogens is 1040 g/mol. The number of allylic oxidation sites excluding steroid dienone is 15. The van der Waals surface area contributed by atoms with Crippen LogP contribution in [0, 0.1) is 17.8 Å². The number of rotatable bonds is 16. The first-order chi connectivity index (χ1) is 41.7. The summed E-state index contributed by atoms with van der Waals surface area (Å²) in [4.78, 5) is 0. The molecule has 0 saturated heterocycles. The maximum Gasteiger partial charge on any atom is 0.118 e. The summed E-state index contributed by atoms with van der Waals surface area (Å²) in [7, 11) is 6.97. The van der Waals surface area contributed by atoms with Crippen LogP contribution in [0.2, 0.25) is 0 Å². The number of hydrogen-bond acceptors (Lipinski definition) is 4. The molecule has 0 fully saturated rings. The summed E-state index contributed by atoms with van der Waals surface area (Å²) in [6, 6.07) is 64.5. The van der Waals surface area contributed by atoms with Crippen LogP contribution in [-0.4, -0.2) is 28.4 Å². The van der Waals surface area contributed by atoms with Crippen molar-refractivity contribution in [3.63, 3.8) is 0 Å². The van der Waals surface area contributed by atoms with Crippen LogP contribution in [0.25, 0.3) is 66.8 Å². The van der Waals surface area contributed by atoms with Gasteiger partial charge in [0, 0.05) is 17.8 Å². The SMILES string of the molecule is CCC/C=C(\C=C/Cc1ccc2c(c1)C1(c3cc(C4=CC(C)C(c5ccc(OC)cc5)C=C4)ccc3-c3ccc(-c4ccc(-c5ccc(OC)cc5)cc4)cc31)c1cc(-c3ccc(C4=CC=C(OC)C(C)C4)cc3)ccc1-2)C1C=CC(OC)=CC1. The van der Waals surface area contributed by atoms with E-state index in [2.05, 4.69) is 245 Å². The molecule has 422 valence electrons. The molecule has 5 unspecified atom stereocenters. The van der Waals surface area contributed by atoms with Crippen molar-refractivity contribution in [1.82, 2.24) is 0 Å². The molecule has 0 aromatic heterocycles. The van der Waals surface area contributed by atoms with E-state index in [-0.39, 0.29) is 11.8 Å². The summed E-state index contributed by atoms with van der Waals surface area (Å²) in [6.45, 7) is 6.86. The van der Waals surface area contributed by atoms with Crippen LogP contribution >= 0.6 is 0 Å². The second kappa shape index (κ2) is 23.5. The van der Waals surface area contributed by atoms with Gasteiger partial charge >= 0.3 is 0 Å². The molecule has 8 aromatic carbocycles. The van der Waals surface area contributed by atoms with Gasteiger partial charge in [-0.05, 0) is 209 Å². The van der Waals surface area contributed by atoms with Gasteiger partial charge < -0.3 is 18.9 Å². The molecule has 85 heavy (non-hydrogen) atoms. The largest absolute Gasteiger partial charge is 0.501 e. The first-order valence-corrected chi connectivity index (χ1v) is 30.4. The molecule has 5 atom stereocenters. The van der Waals surface area contributed by atoms with Gasteiger partial charge in [0.15, 0.2) is 0 Å². The highest BCUT2D eigenvalue weighted by Crippen LogP contribution is 2.64. The van der Waals surface area contributed by atoms with Crippen LogP contribution < -0.4 is 9.47 Å². The Balaban J connectivity index is 0.968. The van der Waals surface area contributed by atoms with E-state index < -0.39 is 5.41 Å². The second-order valence-corrected chi connectivity index (χ2v) is 23.6. The summed E-state index contributed by atoms with van der Waals surface area (Å²) in [5.41, 5.74) is 25.9. The number of ether oxygens (including phenoxy) is 4. The van der Waals surface area contributed by atoms with Crippen LogP contribution in [0.1, 0.15) is 96.9 Å². The molecule has 0 N–H and O–H groups in total. The lowest BCUT2D eigenvalue weighted by molar-refractivity contribution is 0.247. The highest BCUT2D eigenvalue weighted by Gasteiger charge is 2.52. The predicted molar refractivity (Wildman–Crippen MR) is 353 cm³/mol. The Morgan fingerprint density at radius 1 is 0.529 bits per heavy atom. The third-order valence-electron chi connectivity index (χ3n) is 18.7. The average molecular weight is 1110 g/mol. The van der Waals surface area contributed by atoms with E-state index in [1.807, 2.05) is 12.1 Å². The van der Waals surface area contributed by atoms with Gasteiger partial charge in [-0.15, -0.1) is 0 Å².